The molecule has 0 bridgehead atoms. The van der Waals surface area contributed by atoms with Crippen molar-refractivity contribution < 1.29 is 14.2 Å². The summed E-state index contributed by atoms with van der Waals surface area (Å²) in [6.07, 6.45) is 1.88. The Morgan fingerprint density at radius 3 is 3.06 bits per heavy atom. The summed E-state index contributed by atoms with van der Waals surface area (Å²) in [4.78, 5) is 3.63. The fourth-order valence-corrected chi connectivity index (χ4v) is 1.44. The van der Waals surface area contributed by atoms with Crippen LogP contribution in [0.15, 0.2) is 18.2 Å². The second kappa shape index (κ2) is 5.93. The molecule has 17 heavy (non-hydrogen) atoms. The first-order valence-electron chi connectivity index (χ1n) is 5.86. The summed E-state index contributed by atoms with van der Waals surface area (Å²) in [6.45, 7) is 1.34. The fraction of sp³-hybridized carbons (Fsp3) is 0.583. The van der Waals surface area contributed by atoms with E-state index in [2.05, 4.69) is 10.3 Å². The standard InChI is InChI=1S/C12H17FN2O2/c13-11-2-1-3-12(15-11)14-6-10(16)8-17-7-9-4-5-9/h1-3,9-10,16H,4-8H2,(H,14,15)/t10-/m0/s1. The van der Waals surface area contributed by atoms with Crippen LogP contribution in [-0.2, 0) is 4.74 Å². The Hall–Kier alpha value is -1.20. The summed E-state index contributed by atoms with van der Waals surface area (Å²) in [6, 6.07) is 4.50. The van der Waals surface area contributed by atoms with Crippen molar-refractivity contribution in [3.05, 3.63) is 24.1 Å². The van der Waals surface area contributed by atoms with Crippen LogP contribution in [0.3, 0.4) is 0 Å². The van der Waals surface area contributed by atoms with Gasteiger partial charge in [-0.15, -0.1) is 0 Å². The highest BCUT2D eigenvalue weighted by Gasteiger charge is 2.21. The smallest absolute Gasteiger partial charge is 0.214 e. The van der Waals surface area contributed by atoms with Gasteiger partial charge in [0.05, 0.1) is 12.7 Å². The molecular weight excluding hydrogens is 223 g/mol. The molecule has 0 spiro atoms. The lowest BCUT2D eigenvalue weighted by molar-refractivity contribution is 0.0385. The number of rotatable bonds is 7. The third kappa shape index (κ3) is 4.66. The van der Waals surface area contributed by atoms with Crippen molar-refractivity contribution in [1.29, 1.82) is 0 Å². The van der Waals surface area contributed by atoms with E-state index in [1.807, 2.05) is 0 Å². The molecule has 2 rings (SSSR count). The third-order valence-electron chi connectivity index (χ3n) is 2.59. The largest absolute Gasteiger partial charge is 0.389 e. The lowest BCUT2D eigenvalue weighted by Gasteiger charge is -2.12. The molecule has 94 valence electrons. The summed E-state index contributed by atoms with van der Waals surface area (Å²) >= 11 is 0. The predicted octanol–water partition coefficient (Wildman–Crippen LogP) is 1.42. The molecule has 1 fully saturated rings. The van der Waals surface area contributed by atoms with E-state index in [9.17, 15) is 9.50 Å². The number of nitrogens with zero attached hydrogens (tertiary/aromatic N) is 1. The van der Waals surface area contributed by atoms with Gasteiger partial charge in [-0.25, -0.2) is 4.98 Å². The normalized spacial score (nSPS) is 16.8. The molecule has 5 heteroatoms. The molecule has 0 radical (unpaired) electrons. The van der Waals surface area contributed by atoms with Gasteiger partial charge in [-0.2, -0.15) is 4.39 Å². The summed E-state index contributed by atoms with van der Waals surface area (Å²) in [5.74, 6) is 0.584. The molecule has 2 N–H and O–H groups in total. The van der Waals surface area contributed by atoms with Crippen LogP contribution >= 0.6 is 0 Å². The highest BCUT2D eigenvalue weighted by molar-refractivity contribution is 5.33. The van der Waals surface area contributed by atoms with Gasteiger partial charge in [0.25, 0.3) is 0 Å². The fourth-order valence-electron chi connectivity index (χ4n) is 1.44. The van der Waals surface area contributed by atoms with Gasteiger partial charge in [0, 0.05) is 13.2 Å². The topological polar surface area (TPSA) is 54.4 Å². The minimum Gasteiger partial charge on any atom is -0.389 e. The quantitative estimate of drug-likeness (QED) is 0.708. The van der Waals surface area contributed by atoms with Crippen LogP contribution in [0.4, 0.5) is 10.2 Å². The molecule has 1 heterocycles. The third-order valence-corrected chi connectivity index (χ3v) is 2.59. The number of halogens is 1. The van der Waals surface area contributed by atoms with E-state index >= 15 is 0 Å². The second-order valence-electron chi connectivity index (χ2n) is 4.36. The van der Waals surface area contributed by atoms with E-state index in [0.717, 1.165) is 6.61 Å². The molecule has 0 unspecified atom stereocenters. The first kappa shape index (κ1) is 12.3. The lowest BCUT2D eigenvalue weighted by Crippen LogP contribution is -2.25. The van der Waals surface area contributed by atoms with Crippen molar-refractivity contribution in [2.24, 2.45) is 5.92 Å². The Kier molecular flexibility index (Phi) is 4.28. The van der Waals surface area contributed by atoms with E-state index in [1.165, 1.54) is 18.9 Å². The monoisotopic (exact) mass is 240 g/mol. The first-order valence-corrected chi connectivity index (χ1v) is 5.86. The molecule has 1 aromatic rings. The minimum absolute atomic E-state index is 0.304. The van der Waals surface area contributed by atoms with Crippen LogP contribution in [-0.4, -0.2) is 36.0 Å². The molecular formula is C12H17FN2O2. The molecule has 1 aromatic heterocycles. The summed E-state index contributed by atoms with van der Waals surface area (Å²) in [7, 11) is 0. The van der Waals surface area contributed by atoms with Crippen molar-refractivity contribution in [2.75, 3.05) is 25.1 Å². The van der Waals surface area contributed by atoms with Crippen LogP contribution < -0.4 is 5.32 Å². The van der Waals surface area contributed by atoms with Gasteiger partial charge in [-0.05, 0) is 30.9 Å². The van der Waals surface area contributed by atoms with Gasteiger partial charge in [-0.1, -0.05) is 6.07 Å². The molecule has 0 aromatic carbocycles. The maximum Gasteiger partial charge on any atom is 0.214 e. The molecule has 0 aliphatic heterocycles. The van der Waals surface area contributed by atoms with E-state index in [4.69, 9.17) is 4.74 Å². The molecule has 1 aliphatic carbocycles. The summed E-state index contributed by atoms with van der Waals surface area (Å²) in [5.41, 5.74) is 0. The second-order valence-corrected chi connectivity index (χ2v) is 4.36. The van der Waals surface area contributed by atoms with Crippen molar-refractivity contribution in [3.63, 3.8) is 0 Å². The van der Waals surface area contributed by atoms with E-state index in [1.54, 1.807) is 12.1 Å². The van der Waals surface area contributed by atoms with Gasteiger partial charge < -0.3 is 15.2 Å². The van der Waals surface area contributed by atoms with Crippen LogP contribution in [0.25, 0.3) is 0 Å². The van der Waals surface area contributed by atoms with Gasteiger partial charge in [0.2, 0.25) is 5.95 Å². The minimum atomic E-state index is -0.598. The van der Waals surface area contributed by atoms with E-state index in [-0.39, 0.29) is 0 Å². The average Bonchev–Trinajstić information content (AvgIpc) is 3.11. The molecule has 1 aliphatic rings. The number of hydrogen-bond donors (Lipinski definition) is 2. The van der Waals surface area contributed by atoms with Gasteiger partial charge in [0.15, 0.2) is 0 Å². The summed E-state index contributed by atoms with van der Waals surface area (Å²) < 4.78 is 18.1. The number of ether oxygens (including phenoxy) is 1. The Labute approximate surface area is 99.8 Å². The molecule has 1 saturated carbocycles. The molecule has 4 nitrogen and oxygen atoms in total. The van der Waals surface area contributed by atoms with Gasteiger partial charge in [0.1, 0.15) is 5.82 Å². The van der Waals surface area contributed by atoms with Crippen LogP contribution in [0.1, 0.15) is 12.8 Å². The molecule has 1 atom stereocenters. The zero-order chi connectivity index (χ0) is 12.1. The van der Waals surface area contributed by atoms with Crippen molar-refractivity contribution in [2.45, 2.75) is 18.9 Å². The number of aromatic nitrogens is 1. The highest BCUT2D eigenvalue weighted by atomic mass is 19.1. The average molecular weight is 240 g/mol. The Bertz CT molecular complexity index is 358. The van der Waals surface area contributed by atoms with E-state index in [0.29, 0.717) is 24.9 Å². The predicted molar refractivity (Wildman–Crippen MR) is 62.2 cm³/mol. The molecule has 0 saturated heterocycles. The SMILES string of the molecule is O[C@@H](CNc1cccc(F)n1)COCC1CC1. The van der Waals surface area contributed by atoms with Crippen molar-refractivity contribution in [1.82, 2.24) is 4.98 Å². The van der Waals surface area contributed by atoms with Crippen molar-refractivity contribution in [3.8, 4) is 0 Å². The van der Waals surface area contributed by atoms with E-state index < -0.39 is 12.1 Å². The zero-order valence-electron chi connectivity index (χ0n) is 9.60. The summed E-state index contributed by atoms with van der Waals surface area (Å²) in [5, 5.41) is 12.5. The van der Waals surface area contributed by atoms with Crippen molar-refractivity contribution >= 4 is 5.82 Å². The van der Waals surface area contributed by atoms with Gasteiger partial charge in [-0.3, -0.25) is 0 Å². The maximum atomic E-state index is 12.8. The Morgan fingerprint density at radius 2 is 2.35 bits per heavy atom. The maximum absolute atomic E-state index is 12.8. The first-order chi connectivity index (χ1) is 8.24. The molecule has 0 amide bonds. The van der Waals surface area contributed by atoms with Crippen LogP contribution in [0.5, 0.6) is 0 Å². The number of anilines is 1. The van der Waals surface area contributed by atoms with Crippen LogP contribution in [0, 0.1) is 11.9 Å². The Morgan fingerprint density at radius 1 is 1.53 bits per heavy atom. The number of aliphatic hydroxyl groups excluding tert-OH is 1. The van der Waals surface area contributed by atoms with Gasteiger partial charge >= 0.3 is 0 Å². The number of hydrogen-bond acceptors (Lipinski definition) is 4. The number of aliphatic hydroxyl groups is 1. The van der Waals surface area contributed by atoms with Crippen LogP contribution in [0.2, 0.25) is 0 Å². The lowest BCUT2D eigenvalue weighted by atomic mass is 10.3. The number of nitrogens with one attached hydrogen (secondary N) is 1. The number of pyridine rings is 1. The Balaban J connectivity index is 1.62. The zero-order valence-corrected chi connectivity index (χ0v) is 9.60. The highest BCUT2D eigenvalue weighted by Crippen LogP contribution is 2.28.